The highest BCUT2D eigenvalue weighted by atomic mass is 35.5. The maximum Gasteiger partial charge on any atom is 0.226 e. The number of halogens is 1. The van der Waals surface area contributed by atoms with E-state index in [1.165, 1.54) is 6.33 Å². The van der Waals surface area contributed by atoms with Gasteiger partial charge in [-0.3, -0.25) is 0 Å². The van der Waals surface area contributed by atoms with Crippen molar-refractivity contribution in [2.45, 2.75) is 18.9 Å². The summed E-state index contributed by atoms with van der Waals surface area (Å²) >= 11 is 5.83. The van der Waals surface area contributed by atoms with Crippen LogP contribution in [-0.2, 0) is 9.84 Å². The first-order valence-corrected chi connectivity index (χ1v) is 7.92. The molecule has 2 aromatic rings. The molecule has 1 aliphatic heterocycles. The van der Waals surface area contributed by atoms with Crippen LogP contribution in [0, 0.1) is 0 Å². The van der Waals surface area contributed by atoms with Crippen LogP contribution in [0.4, 0.5) is 5.82 Å². The SMILES string of the molecule is CC1(Nc2nc(Cl)nc3nc[nH]c23)CCS(=O)(=O)C1. The summed E-state index contributed by atoms with van der Waals surface area (Å²) in [4.78, 5) is 15.0. The summed E-state index contributed by atoms with van der Waals surface area (Å²) in [7, 11) is -2.99. The molecule has 0 amide bonds. The zero-order chi connectivity index (χ0) is 13.7. The Labute approximate surface area is 114 Å². The lowest BCUT2D eigenvalue weighted by Gasteiger charge is -2.24. The Balaban J connectivity index is 2.00. The van der Waals surface area contributed by atoms with Crippen LogP contribution >= 0.6 is 11.6 Å². The maximum absolute atomic E-state index is 11.6. The molecule has 0 saturated carbocycles. The topological polar surface area (TPSA) is 101 Å². The standard InChI is InChI=1S/C10H12ClN5O2S/c1-10(2-3-19(17,18)4-10)16-8-6-7(13-5-12-6)14-9(11)15-8/h5H,2-4H2,1H3,(H2,12,13,14,15,16). The molecule has 0 aliphatic carbocycles. The van der Waals surface area contributed by atoms with Crippen molar-refractivity contribution in [3.63, 3.8) is 0 Å². The van der Waals surface area contributed by atoms with E-state index in [-0.39, 0.29) is 16.8 Å². The third kappa shape index (κ3) is 2.37. The van der Waals surface area contributed by atoms with Crippen LogP contribution in [0.25, 0.3) is 11.2 Å². The molecule has 1 saturated heterocycles. The van der Waals surface area contributed by atoms with Crippen molar-refractivity contribution in [3.8, 4) is 0 Å². The summed E-state index contributed by atoms with van der Waals surface area (Å²) in [5.74, 6) is 0.741. The van der Waals surface area contributed by atoms with Gasteiger partial charge in [0.15, 0.2) is 21.3 Å². The van der Waals surface area contributed by atoms with Crippen molar-refractivity contribution in [2.24, 2.45) is 0 Å². The molecule has 9 heteroatoms. The fourth-order valence-electron chi connectivity index (χ4n) is 2.29. The minimum atomic E-state index is -2.99. The molecule has 102 valence electrons. The first-order chi connectivity index (χ1) is 8.87. The van der Waals surface area contributed by atoms with Crippen LogP contribution < -0.4 is 5.32 Å². The second-order valence-electron chi connectivity index (χ2n) is 4.97. The zero-order valence-corrected chi connectivity index (χ0v) is 11.7. The smallest absolute Gasteiger partial charge is 0.226 e. The predicted molar refractivity (Wildman–Crippen MR) is 72.0 cm³/mol. The number of aromatic nitrogens is 4. The molecule has 1 aliphatic rings. The van der Waals surface area contributed by atoms with Crippen molar-refractivity contribution < 1.29 is 8.42 Å². The van der Waals surface area contributed by atoms with Gasteiger partial charge in [-0.05, 0) is 24.9 Å². The van der Waals surface area contributed by atoms with Gasteiger partial charge in [0.1, 0.15) is 5.52 Å². The molecule has 0 aromatic carbocycles. The number of aromatic amines is 1. The molecule has 2 N–H and O–H groups in total. The zero-order valence-electron chi connectivity index (χ0n) is 10.1. The molecule has 1 fully saturated rings. The monoisotopic (exact) mass is 301 g/mol. The lowest BCUT2D eigenvalue weighted by molar-refractivity contribution is 0.572. The molecule has 19 heavy (non-hydrogen) atoms. The molecular formula is C10H12ClN5O2S. The Hall–Kier alpha value is -1.41. The van der Waals surface area contributed by atoms with Crippen molar-refractivity contribution in [3.05, 3.63) is 11.6 Å². The fourth-order valence-corrected chi connectivity index (χ4v) is 4.55. The van der Waals surface area contributed by atoms with Gasteiger partial charge < -0.3 is 10.3 Å². The first-order valence-electron chi connectivity index (χ1n) is 5.72. The Morgan fingerprint density at radius 2 is 2.26 bits per heavy atom. The van der Waals surface area contributed by atoms with Crippen LogP contribution in [-0.4, -0.2) is 45.4 Å². The van der Waals surface area contributed by atoms with Crippen LogP contribution in [0.15, 0.2) is 6.33 Å². The van der Waals surface area contributed by atoms with Gasteiger partial charge in [0.25, 0.3) is 0 Å². The van der Waals surface area contributed by atoms with E-state index >= 15 is 0 Å². The molecule has 7 nitrogen and oxygen atoms in total. The molecule has 2 aromatic heterocycles. The number of H-pyrrole nitrogens is 1. The van der Waals surface area contributed by atoms with Gasteiger partial charge in [0.05, 0.1) is 23.4 Å². The van der Waals surface area contributed by atoms with E-state index in [1.807, 2.05) is 6.92 Å². The van der Waals surface area contributed by atoms with Crippen LogP contribution in [0.2, 0.25) is 5.28 Å². The number of fused-ring (bicyclic) bond motifs is 1. The lowest BCUT2D eigenvalue weighted by atomic mass is 10.0. The first kappa shape index (κ1) is 12.6. The lowest BCUT2D eigenvalue weighted by Crippen LogP contribution is -2.36. The minimum absolute atomic E-state index is 0.0755. The van der Waals surface area contributed by atoms with Gasteiger partial charge in [-0.15, -0.1) is 0 Å². The normalized spacial score (nSPS) is 25.8. The van der Waals surface area contributed by atoms with Gasteiger partial charge in [-0.25, -0.2) is 13.4 Å². The van der Waals surface area contributed by atoms with Gasteiger partial charge >= 0.3 is 0 Å². The molecule has 0 bridgehead atoms. The average Bonchev–Trinajstić information content (AvgIpc) is 2.83. The van der Waals surface area contributed by atoms with Crippen molar-refractivity contribution in [1.29, 1.82) is 0 Å². The number of imidazole rings is 1. The summed E-state index contributed by atoms with van der Waals surface area (Å²) in [6.07, 6.45) is 2.03. The molecule has 3 heterocycles. The van der Waals surface area contributed by atoms with E-state index in [0.717, 1.165) is 0 Å². The highest BCUT2D eigenvalue weighted by molar-refractivity contribution is 7.91. The van der Waals surface area contributed by atoms with E-state index in [4.69, 9.17) is 11.6 Å². The van der Waals surface area contributed by atoms with E-state index < -0.39 is 15.4 Å². The third-order valence-electron chi connectivity index (χ3n) is 3.18. The van der Waals surface area contributed by atoms with E-state index in [9.17, 15) is 8.42 Å². The van der Waals surface area contributed by atoms with Gasteiger partial charge in [0, 0.05) is 0 Å². The molecule has 1 atom stereocenters. The Morgan fingerprint density at radius 3 is 2.95 bits per heavy atom. The van der Waals surface area contributed by atoms with Gasteiger partial charge in [-0.1, -0.05) is 0 Å². The fraction of sp³-hybridized carbons (Fsp3) is 0.500. The Bertz CT molecular complexity index is 743. The molecule has 1 unspecified atom stereocenters. The molecule has 3 rings (SSSR count). The highest BCUT2D eigenvalue weighted by Gasteiger charge is 2.39. The Morgan fingerprint density at radius 1 is 1.47 bits per heavy atom. The molecule has 0 spiro atoms. The van der Waals surface area contributed by atoms with Crippen LogP contribution in [0.5, 0.6) is 0 Å². The maximum atomic E-state index is 11.6. The van der Waals surface area contributed by atoms with E-state index in [2.05, 4.69) is 25.3 Å². The number of nitrogens with zero attached hydrogens (tertiary/aromatic N) is 3. The number of anilines is 1. The number of nitrogens with one attached hydrogen (secondary N) is 2. The predicted octanol–water partition coefficient (Wildman–Crippen LogP) is 0.995. The van der Waals surface area contributed by atoms with Crippen molar-refractivity contribution >= 4 is 38.4 Å². The number of hydrogen-bond donors (Lipinski definition) is 2. The van der Waals surface area contributed by atoms with E-state index in [1.54, 1.807) is 0 Å². The molecular weight excluding hydrogens is 290 g/mol. The number of rotatable bonds is 2. The van der Waals surface area contributed by atoms with Crippen LogP contribution in [0.3, 0.4) is 0 Å². The quantitative estimate of drug-likeness (QED) is 0.802. The number of sulfone groups is 1. The summed E-state index contributed by atoms with van der Waals surface area (Å²) in [5, 5.41) is 3.23. The van der Waals surface area contributed by atoms with Gasteiger partial charge in [-0.2, -0.15) is 9.97 Å². The largest absolute Gasteiger partial charge is 0.362 e. The van der Waals surface area contributed by atoms with E-state index in [0.29, 0.717) is 23.4 Å². The second-order valence-corrected chi connectivity index (χ2v) is 7.49. The molecule has 0 radical (unpaired) electrons. The van der Waals surface area contributed by atoms with Gasteiger partial charge in [0.2, 0.25) is 5.28 Å². The Kier molecular flexibility index (Phi) is 2.68. The summed E-state index contributed by atoms with van der Waals surface area (Å²) in [6, 6.07) is 0. The summed E-state index contributed by atoms with van der Waals surface area (Å²) < 4.78 is 23.2. The summed E-state index contributed by atoms with van der Waals surface area (Å²) in [6.45, 7) is 1.86. The average molecular weight is 302 g/mol. The van der Waals surface area contributed by atoms with Crippen molar-refractivity contribution in [1.82, 2.24) is 19.9 Å². The number of hydrogen-bond acceptors (Lipinski definition) is 6. The van der Waals surface area contributed by atoms with Crippen molar-refractivity contribution in [2.75, 3.05) is 16.8 Å². The summed E-state index contributed by atoms with van der Waals surface area (Å²) in [5.41, 5.74) is 0.524. The third-order valence-corrected chi connectivity index (χ3v) is 5.25. The van der Waals surface area contributed by atoms with Crippen LogP contribution in [0.1, 0.15) is 13.3 Å². The second kappa shape index (κ2) is 4.04. The minimum Gasteiger partial charge on any atom is -0.362 e. The highest BCUT2D eigenvalue weighted by Crippen LogP contribution is 2.29.